The van der Waals surface area contributed by atoms with Gasteiger partial charge in [0.1, 0.15) is 58.3 Å². The van der Waals surface area contributed by atoms with Gasteiger partial charge in [-0.15, -0.1) is 0 Å². The van der Waals surface area contributed by atoms with E-state index in [9.17, 15) is 30.0 Å². The molecule has 320 valence electrons. The molecule has 2 amide bonds. The quantitative estimate of drug-likeness (QED) is 0.0940. The number of ether oxygens (including phenoxy) is 2. The minimum atomic E-state index is -1.84. The number of rotatable bonds is 8. The maximum absolute atomic E-state index is 12.8. The van der Waals surface area contributed by atoms with Crippen LogP contribution < -0.4 is 34.0 Å². The van der Waals surface area contributed by atoms with Crippen LogP contribution in [0.2, 0.25) is 5.15 Å². The number of nitrogens with two attached hydrogens (primary N) is 3. The summed E-state index contributed by atoms with van der Waals surface area (Å²) in [5, 5.41) is 49.9. The van der Waals surface area contributed by atoms with Gasteiger partial charge in [0.25, 0.3) is 11.8 Å². The number of amides is 2. The van der Waals surface area contributed by atoms with E-state index in [-0.39, 0.29) is 22.6 Å². The molecule has 0 spiro atoms. The van der Waals surface area contributed by atoms with Crippen LogP contribution in [0.15, 0.2) is 85.7 Å². The van der Waals surface area contributed by atoms with E-state index in [4.69, 9.17) is 38.3 Å². The molecule has 60 heavy (non-hydrogen) atoms. The largest absolute Gasteiger partial charge is 0.412 e. The number of carbonyl (C=O) groups is 2. The normalized spacial score (nSPS) is 25.8. The highest BCUT2D eigenvalue weighted by Crippen LogP contribution is 2.41. The number of aliphatic hydroxyl groups is 4. The van der Waals surface area contributed by atoms with E-state index >= 15 is 0 Å². The first-order chi connectivity index (χ1) is 27.6. The number of fused-ring (bicyclic) bond motifs is 2. The van der Waals surface area contributed by atoms with Gasteiger partial charge in [-0.3, -0.25) is 9.59 Å². The predicted octanol–water partition coefficient (Wildman–Crippen LogP) is 0.649. The fourth-order valence-electron chi connectivity index (χ4n) is 6.99. The van der Waals surface area contributed by atoms with Gasteiger partial charge in [0.2, 0.25) is 0 Å². The van der Waals surface area contributed by atoms with Crippen LogP contribution >= 0.6 is 11.6 Å². The maximum Gasteiger partial charge on any atom is 0.256 e. The third-order valence-corrected chi connectivity index (χ3v) is 10.5. The van der Waals surface area contributed by atoms with Crippen molar-refractivity contribution in [2.24, 2.45) is 11.5 Å². The minimum absolute atomic E-state index is 0. The van der Waals surface area contributed by atoms with Crippen molar-refractivity contribution in [2.75, 3.05) is 16.4 Å². The number of hydrogen-bond donors (Lipinski definition) is 10. The number of aliphatic hydroxyl groups excluding tert-OH is 2. The number of hydrogen-bond acceptors (Lipinski definition) is 16. The monoisotopic (exact) mass is 850 g/mol. The number of carbonyl (C=O) groups excluding carboxylic acids is 2. The molecule has 8 atom stereocenters. The molecule has 6 heterocycles. The second-order valence-electron chi connectivity index (χ2n) is 14.3. The third kappa shape index (κ3) is 8.37. The van der Waals surface area contributed by atoms with Gasteiger partial charge in [0.15, 0.2) is 24.7 Å². The van der Waals surface area contributed by atoms with Crippen molar-refractivity contribution < 1.29 is 45.0 Å². The van der Waals surface area contributed by atoms with Crippen LogP contribution in [-0.4, -0.2) is 102 Å². The number of aromatic nitrogens is 6. The molecule has 0 unspecified atom stereocenters. The second-order valence-corrected chi connectivity index (χ2v) is 14.6. The highest BCUT2D eigenvalue weighted by molar-refractivity contribution is 6.33. The van der Waals surface area contributed by atoms with Crippen molar-refractivity contribution in [2.45, 2.75) is 75.0 Å². The molecule has 0 bridgehead atoms. The Bertz CT molecular complexity index is 2310. The van der Waals surface area contributed by atoms with Gasteiger partial charge in [-0.1, -0.05) is 35.9 Å². The van der Waals surface area contributed by atoms with E-state index in [0.717, 1.165) is 11.1 Å². The van der Waals surface area contributed by atoms with Crippen molar-refractivity contribution >= 4 is 62.7 Å². The van der Waals surface area contributed by atoms with Crippen molar-refractivity contribution in [3.8, 4) is 0 Å². The second kappa shape index (κ2) is 17.9. The molecule has 2 aliphatic heterocycles. The Hall–Kier alpha value is -5.69. The summed E-state index contributed by atoms with van der Waals surface area (Å²) in [6.45, 7) is 3.36. The van der Waals surface area contributed by atoms with Crippen molar-refractivity contribution in [3.05, 3.63) is 102 Å². The molecule has 8 rings (SSSR count). The first-order valence-electron chi connectivity index (χ1n) is 18.0. The van der Waals surface area contributed by atoms with Gasteiger partial charge >= 0.3 is 0 Å². The Balaban J connectivity index is 0.000000220. The number of halogens is 1. The first-order valence-corrected chi connectivity index (χ1v) is 18.4. The van der Waals surface area contributed by atoms with E-state index < -0.39 is 59.9 Å². The van der Waals surface area contributed by atoms with Gasteiger partial charge in [0, 0.05) is 36.9 Å². The molecule has 2 aromatic carbocycles. The van der Waals surface area contributed by atoms with Crippen molar-refractivity contribution in [1.82, 2.24) is 35.2 Å². The Morgan fingerprint density at radius 3 is 1.65 bits per heavy atom. The molecule has 0 aliphatic carbocycles. The van der Waals surface area contributed by atoms with Crippen LogP contribution in [0.5, 0.6) is 0 Å². The summed E-state index contributed by atoms with van der Waals surface area (Å²) >= 11 is 6.07. The summed E-state index contributed by atoms with van der Waals surface area (Å²) in [6, 6.07) is 17.4. The van der Waals surface area contributed by atoms with E-state index in [1.807, 2.05) is 12.1 Å². The first kappa shape index (κ1) is 45.4. The Morgan fingerprint density at radius 1 is 0.750 bits per heavy atom. The molecule has 0 saturated carbocycles. The summed E-state index contributed by atoms with van der Waals surface area (Å²) in [4.78, 5) is 41.8. The molecular weight excluding hydrogens is 804 g/mol. The van der Waals surface area contributed by atoms with E-state index in [0.29, 0.717) is 46.5 Å². The molecule has 22 heteroatoms. The average molecular weight is 851 g/mol. The summed E-state index contributed by atoms with van der Waals surface area (Å²) in [5.41, 5.74) is 17.0. The van der Waals surface area contributed by atoms with Crippen LogP contribution in [0.4, 0.5) is 17.2 Å². The SMILES string of the molecule is C[C@@]1(O)[C@@H](C(=O)Nc2cccc(CN)c2)O[C@@H](n2ccc3c(Cl)ncnc32)[C@@H]1O.C[C@@]1(O)[C@@H](C(=O)Nc2cccc(CN)c2)O[C@@H](n2ccc3c(N)ncnc32)[C@@H]1O.N.O. The third-order valence-electron chi connectivity index (χ3n) is 10.2. The lowest BCUT2D eigenvalue weighted by molar-refractivity contribution is -0.138. The standard InChI is InChI=1S/C19H20ClN5O4.C19H22N6O4.H3N.H2O/c1-19(28)13(26)18(25-6-5-12-15(20)22-9-23-16(12)25)29-14(19)17(27)24-11-4-2-3-10(7-11)8-21;1-19(28)13(26)18(25-6-5-12-15(21)22-9-23-16(12)25)29-14(19)17(27)24-11-4-2-3-10(7-11)8-20;;/h2-7,9,13-14,18,26,28H,8,21H2,1H3,(H,24,27);2-7,9,13-14,18,26,28H,8,20H2,1H3,(H,24,27)(H2,21,22,23);1H3;1H2/t2*13-,14+,18+,19-;;/m00../s1. The molecule has 2 saturated heterocycles. The zero-order chi connectivity index (χ0) is 41.5. The number of nitrogens with one attached hydrogen (secondary N) is 2. The van der Waals surface area contributed by atoms with Gasteiger partial charge < -0.3 is 78.5 Å². The van der Waals surface area contributed by atoms with Crippen LogP contribution in [0.1, 0.15) is 37.4 Å². The maximum atomic E-state index is 12.8. The smallest absolute Gasteiger partial charge is 0.256 e. The lowest BCUT2D eigenvalue weighted by atomic mass is 9.94. The van der Waals surface area contributed by atoms with Gasteiger partial charge in [-0.25, -0.2) is 19.9 Å². The molecule has 4 aromatic heterocycles. The highest BCUT2D eigenvalue weighted by atomic mass is 35.5. The van der Waals surface area contributed by atoms with E-state index in [1.54, 1.807) is 60.9 Å². The van der Waals surface area contributed by atoms with E-state index in [2.05, 4.69) is 30.6 Å². The summed E-state index contributed by atoms with van der Waals surface area (Å²) < 4.78 is 14.6. The molecule has 0 radical (unpaired) electrons. The molecular formula is C38H47ClN12O9. The fourth-order valence-corrected chi connectivity index (χ4v) is 7.18. The number of nitrogen functional groups attached to an aromatic ring is 1. The number of benzene rings is 2. The zero-order valence-corrected chi connectivity index (χ0v) is 33.1. The Morgan fingerprint density at radius 2 is 1.18 bits per heavy atom. The Kier molecular flexibility index (Phi) is 13.5. The Labute approximate surface area is 347 Å². The average Bonchev–Trinajstić information content (AvgIpc) is 3.95. The van der Waals surface area contributed by atoms with Crippen molar-refractivity contribution in [3.63, 3.8) is 0 Å². The topological polar surface area (TPSA) is 364 Å². The van der Waals surface area contributed by atoms with Crippen LogP contribution in [0, 0.1) is 0 Å². The molecule has 6 aromatic rings. The fraction of sp³-hybridized carbons (Fsp3) is 0.316. The summed E-state index contributed by atoms with van der Waals surface area (Å²) in [6.07, 6.45) is -1.69. The number of anilines is 3. The summed E-state index contributed by atoms with van der Waals surface area (Å²) in [5.74, 6) is -0.895. The zero-order valence-electron chi connectivity index (χ0n) is 32.4. The summed E-state index contributed by atoms with van der Waals surface area (Å²) in [7, 11) is 0. The van der Waals surface area contributed by atoms with Gasteiger partial charge in [0.05, 0.1) is 10.8 Å². The lowest BCUT2D eigenvalue weighted by Crippen LogP contribution is -2.49. The van der Waals surface area contributed by atoms with Crippen LogP contribution in [0.3, 0.4) is 0 Å². The molecule has 17 N–H and O–H groups in total. The van der Waals surface area contributed by atoms with Crippen LogP contribution in [-0.2, 0) is 32.2 Å². The highest BCUT2D eigenvalue weighted by Gasteiger charge is 2.57. The molecule has 2 aliphatic rings. The molecule has 21 nitrogen and oxygen atoms in total. The minimum Gasteiger partial charge on any atom is -0.412 e. The van der Waals surface area contributed by atoms with Gasteiger partial charge in [-0.05, 0) is 61.4 Å². The molecule has 2 fully saturated rings. The van der Waals surface area contributed by atoms with Crippen LogP contribution in [0.25, 0.3) is 22.1 Å². The lowest BCUT2D eigenvalue weighted by Gasteiger charge is -2.25. The number of nitrogens with zero attached hydrogens (tertiary/aromatic N) is 6. The van der Waals surface area contributed by atoms with Gasteiger partial charge in [-0.2, -0.15) is 0 Å². The van der Waals surface area contributed by atoms with Crippen molar-refractivity contribution in [1.29, 1.82) is 0 Å². The van der Waals surface area contributed by atoms with E-state index in [1.165, 1.54) is 35.6 Å². The predicted molar refractivity (Wildman–Crippen MR) is 220 cm³/mol.